The number of carbonyl (C=O) groups excluding carboxylic acids is 2. The molecule has 0 aliphatic rings. The highest BCUT2D eigenvalue weighted by Crippen LogP contribution is 2.25. The Kier molecular flexibility index (Phi) is 6.31. The summed E-state index contributed by atoms with van der Waals surface area (Å²) in [7, 11) is 0. The minimum Gasteiger partial charge on any atom is -0.476 e. The van der Waals surface area contributed by atoms with Crippen molar-refractivity contribution in [1.29, 1.82) is 0 Å². The van der Waals surface area contributed by atoms with Crippen molar-refractivity contribution in [3.05, 3.63) is 125 Å². The first-order chi connectivity index (χ1) is 16.0. The Morgan fingerprint density at radius 2 is 1.55 bits per heavy atom. The molecule has 3 aromatic carbocycles. The van der Waals surface area contributed by atoms with E-state index in [-0.39, 0.29) is 16.9 Å². The standard InChI is InChI=1S/C26H21N3O4/c27-25(31)19-7-4-8-23(17-19)33-24(18-5-2-1-3-6-18)26(32)28-20-9-11-21(12-10-20)29-15-13-22(30)14-16-29/h1-17,24H,(H2,27,31)(H,28,32). The molecule has 164 valence electrons. The first kappa shape index (κ1) is 21.6. The number of anilines is 1. The van der Waals surface area contributed by atoms with Crippen LogP contribution in [0.2, 0.25) is 0 Å². The van der Waals surface area contributed by atoms with Gasteiger partial charge < -0.3 is 20.4 Å². The summed E-state index contributed by atoms with van der Waals surface area (Å²) in [6, 6.07) is 25.6. The van der Waals surface area contributed by atoms with Gasteiger partial charge in [-0.05, 0) is 42.5 Å². The average Bonchev–Trinajstić information content (AvgIpc) is 2.84. The summed E-state index contributed by atoms with van der Waals surface area (Å²) in [5, 5.41) is 2.87. The van der Waals surface area contributed by atoms with Gasteiger partial charge in [-0.1, -0.05) is 36.4 Å². The molecule has 7 nitrogen and oxygen atoms in total. The van der Waals surface area contributed by atoms with Gasteiger partial charge >= 0.3 is 0 Å². The first-order valence-corrected chi connectivity index (χ1v) is 10.2. The summed E-state index contributed by atoms with van der Waals surface area (Å²) >= 11 is 0. The van der Waals surface area contributed by atoms with E-state index in [0.29, 0.717) is 17.0 Å². The van der Waals surface area contributed by atoms with Crippen LogP contribution in [0.3, 0.4) is 0 Å². The molecule has 0 bridgehead atoms. The smallest absolute Gasteiger partial charge is 0.270 e. The normalized spacial score (nSPS) is 11.4. The second-order valence-electron chi connectivity index (χ2n) is 7.28. The van der Waals surface area contributed by atoms with E-state index in [1.807, 2.05) is 30.3 Å². The molecule has 0 radical (unpaired) electrons. The number of benzene rings is 3. The lowest BCUT2D eigenvalue weighted by Gasteiger charge is -2.20. The van der Waals surface area contributed by atoms with E-state index >= 15 is 0 Å². The third-order valence-corrected chi connectivity index (χ3v) is 4.94. The Morgan fingerprint density at radius 1 is 0.848 bits per heavy atom. The van der Waals surface area contributed by atoms with E-state index in [1.54, 1.807) is 59.4 Å². The number of rotatable bonds is 7. The molecule has 1 heterocycles. The number of primary amides is 1. The van der Waals surface area contributed by atoms with Crippen molar-refractivity contribution in [1.82, 2.24) is 4.57 Å². The fourth-order valence-corrected chi connectivity index (χ4v) is 3.27. The Bertz CT molecular complexity index is 1310. The fraction of sp³-hybridized carbons (Fsp3) is 0.0385. The van der Waals surface area contributed by atoms with Gasteiger partial charge in [-0.25, -0.2) is 0 Å². The van der Waals surface area contributed by atoms with Gasteiger partial charge in [-0.2, -0.15) is 0 Å². The third-order valence-electron chi connectivity index (χ3n) is 4.94. The molecule has 1 atom stereocenters. The van der Waals surface area contributed by atoms with Crippen molar-refractivity contribution in [2.75, 3.05) is 5.32 Å². The molecule has 0 spiro atoms. The van der Waals surface area contributed by atoms with Crippen LogP contribution in [0.1, 0.15) is 22.0 Å². The largest absolute Gasteiger partial charge is 0.476 e. The Hall–Kier alpha value is -4.65. The second-order valence-corrected chi connectivity index (χ2v) is 7.28. The predicted molar refractivity (Wildman–Crippen MR) is 125 cm³/mol. The number of nitrogens with two attached hydrogens (primary N) is 1. The minimum atomic E-state index is -0.951. The number of pyridine rings is 1. The van der Waals surface area contributed by atoms with E-state index in [1.165, 1.54) is 18.2 Å². The summed E-state index contributed by atoms with van der Waals surface area (Å²) < 4.78 is 7.78. The number of carbonyl (C=O) groups is 2. The van der Waals surface area contributed by atoms with Crippen LogP contribution >= 0.6 is 0 Å². The third kappa shape index (κ3) is 5.34. The summed E-state index contributed by atoms with van der Waals surface area (Å²) in [5.74, 6) is -0.602. The molecule has 0 saturated carbocycles. The number of hydrogen-bond donors (Lipinski definition) is 2. The molecule has 4 aromatic rings. The van der Waals surface area contributed by atoms with Crippen molar-refractivity contribution in [2.24, 2.45) is 5.73 Å². The van der Waals surface area contributed by atoms with Crippen LogP contribution in [-0.2, 0) is 4.79 Å². The molecule has 0 aliphatic heterocycles. The van der Waals surface area contributed by atoms with E-state index in [9.17, 15) is 14.4 Å². The molecule has 7 heteroatoms. The lowest BCUT2D eigenvalue weighted by Crippen LogP contribution is -2.25. The molecule has 1 unspecified atom stereocenters. The van der Waals surface area contributed by atoms with Crippen LogP contribution in [0.25, 0.3) is 5.69 Å². The highest BCUT2D eigenvalue weighted by molar-refractivity contribution is 5.95. The van der Waals surface area contributed by atoms with E-state index in [0.717, 1.165) is 5.69 Å². The minimum absolute atomic E-state index is 0.0662. The van der Waals surface area contributed by atoms with Gasteiger partial charge in [-0.3, -0.25) is 14.4 Å². The lowest BCUT2D eigenvalue weighted by molar-refractivity contribution is -0.123. The number of aromatic nitrogens is 1. The van der Waals surface area contributed by atoms with Crippen LogP contribution < -0.4 is 21.2 Å². The number of nitrogens with one attached hydrogen (secondary N) is 1. The molecule has 0 aliphatic carbocycles. The average molecular weight is 439 g/mol. The Labute approximate surface area is 190 Å². The molecule has 2 amide bonds. The molecular formula is C26H21N3O4. The van der Waals surface area contributed by atoms with Gasteiger partial charge in [0.1, 0.15) is 5.75 Å². The fourth-order valence-electron chi connectivity index (χ4n) is 3.27. The summed E-state index contributed by atoms with van der Waals surface area (Å²) in [5.41, 5.74) is 7.66. The molecule has 1 aromatic heterocycles. The van der Waals surface area contributed by atoms with Crippen LogP contribution in [-0.4, -0.2) is 16.4 Å². The van der Waals surface area contributed by atoms with Crippen molar-refractivity contribution in [2.45, 2.75) is 6.10 Å². The zero-order chi connectivity index (χ0) is 23.2. The maximum atomic E-state index is 13.2. The SMILES string of the molecule is NC(=O)c1cccc(OC(C(=O)Nc2ccc(-n3ccc(=O)cc3)cc2)c2ccccc2)c1. The van der Waals surface area contributed by atoms with Crippen LogP contribution in [0, 0.1) is 0 Å². The molecule has 0 fully saturated rings. The number of hydrogen-bond acceptors (Lipinski definition) is 4. The zero-order valence-electron chi connectivity index (χ0n) is 17.5. The molecule has 0 saturated heterocycles. The van der Waals surface area contributed by atoms with Crippen molar-refractivity contribution in [3.8, 4) is 11.4 Å². The Morgan fingerprint density at radius 3 is 2.21 bits per heavy atom. The second kappa shape index (κ2) is 9.65. The van der Waals surface area contributed by atoms with Crippen LogP contribution in [0.15, 0.2) is 108 Å². The highest BCUT2D eigenvalue weighted by Gasteiger charge is 2.23. The molecule has 33 heavy (non-hydrogen) atoms. The summed E-state index contributed by atoms with van der Waals surface area (Å²) in [4.78, 5) is 36.0. The molecule has 3 N–H and O–H groups in total. The first-order valence-electron chi connectivity index (χ1n) is 10.2. The topological polar surface area (TPSA) is 103 Å². The van der Waals surface area contributed by atoms with Gasteiger partial charge in [0.25, 0.3) is 5.91 Å². The van der Waals surface area contributed by atoms with Crippen molar-refractivity contribution >= 4 is 17.5 Å². The zero-order valence-corrected chi connectivity index (χ0v) is 17.5. The number of ether oxygens (including phenoxy) is 1. The summed E-state index contributed by atoms with van der Waals surface area (Å²) in [6.07, 6.45) is 2.40. The Balaban J connectivity index is 1.55. The van der Waals surface area contributed by atoms with E-state index < -0.39 is 12.0 Å². The maximum Gasteiger partial charge on any atom is 0.270 e. The monoisotopic (exact) mass is 439 g/mol. The van der Waals surface area contributed by atoms with Gasteiger partial charge in [0.05, 0.1) is 0 Å². The molecular weight excluding hydrogens is 418 g/mol. The predicted octanol–water partition coefficient (Wildman–Crippen LogP) is 3.70. The number of nitrogens with zero attached hydrogens (tertiary/aromatic N) is 1. The quantitative estimate of drug-likeness (QED) is 0.458. The summed E-state index contributed by atoms with van der Waals surface area (Å²) in [6.45, 7) is 0. The highest BCUT2D eigenvalue weighted by atomic mass is 16.5. The maximum absolute atomic E-state index is 13.2. The van der Waals surface area contributed by atoms with Gasteiger partial charge in [0, 0.05) is 47.0 Å². The molecule has 4 rings (SSSR count). The van der Waals surface area contributed by atoms with Crippen LogP contribution in [0.5, 0.6) is 5.75 Å². The van der Waals surface area contributed by atoms with E-state index in [4.69, 9.17) is 10.5 Å². The van der Waals surface area contributed by atoms with E-state index in [2.05, 4.69) is 5.32 Å². The van der Waals surface area contributed by atoms with Crippen LogP contribution in [0.4, 0.5) is 5.69 Å². The van der Waals surface area contributed by atoms with Gasteiger partial charge in [0.15, 0.2) is 5.43 Å². The van der Waals surface area contributed by atoms with Crippen molar-refractivity contribution in [3.63, 3.8) is 0 Å². The van der Waals surface area contributed by atoms with Gasteiger partial charge in [0.2, 0.25) is 12.0 Å². The lowest BCUT2D eigenvalue weighted by atomic mass is 10.1. The van der Waals surface area contributed by atoms with Crippen molar-refractivity contribution < 1.29 is 14.3 Å². The van der Waals surface area contributed by atoms with Gasteiger partial charge in [-0.15, -0.1) is 0 Å². The number of amides is 2.